The van der Waals surface area contributed by atoms with Gasteiger partial charge in [0.2, 0.25) is 5.91 Å². The van der Waals surface area contributed by atoms with Crippen molar-refractivity contribution in [2.24, 2.45) is 0 Å². The standard InChI is InChI=1S/C30H53NO5/c1-3-5-7-8-9-10-11-12-13-14-15-16-17-21-25-30(35)36-27(22-6-4-2)23-19-18-20-24-28(32)31-26-29(33)34/h8-9,11-12,27H,3-7,10,13-26H2,1-2H3,(H,31,32)(H,33,34)/b9-8-,12-11-. The molecular formula is C30H53NO5. The monoisotopic (exact) mass is 507 g/mol. The minimum Gasteiger partial charge on any atom is -0.480 e. The van der Waals surface area contributed by atoms with E-state index in [-0.39, 0.29) is 24.5 Å². The molecule has 0 spiro atoms. The molecule has 1 amide bonds. The Morgan fingerprint density at radius 1 is 0.722 bits per heavy atom. The Bertz CT molecular complexity index is 614. The van der Waals surface area contributed by atoms with Crippen molar-refractivity contribution in [1.29, 1.82) is 0 Å². The Hall–Kier alpha value is -2.11. The molecule has 6 heteroatoms. The van der Waals surface area contributed by atoms with E-state index in [2.05, 4.69) is 43.5 Å². The van der Waals surface area contributed by atoms with Crippen LogP contribution < -0.4 is 5.32 Å². The second-order valence-corrected chi connectivity index (χ2v) is 9.65. The molecule has 0 aromatic rings. The summed E-state index contributed by atoms with van der Waals surface area (Å²) in [6, 6.07) is 0. The summed E-state index contributed by atoms with van der Waals surface area (Å²) in [5.41, 5.74) is 0. The first-order chi connectivity index (χ1) is 17.5. The molecule has 1 atom stereocenters. The van der Waals surface area contributed by atoms with Gasteiger partial charge < -0.3 is 15.2 Å². The number of ether oxygens (including phenoxy) is 1. The predicted molar refractivity (Wildman–Crippen MR) is 148 cm³/mol. The van der Waals surface area contributed by atoms with Crippen LogP contribution in [0.25, 0.3) is 0 Å². The molecule has 0 saturated heterocycles. The number of carboxylic acid groups (broad SMARTS) is 1. The maximum atomic E-state index is 12.3. The van der Waals surface area contributed by atoms with E-state index < -0.39 is 5.97 Å². The van der Waals surface area contributed by atoms with E-state index >= 15 is 0 Å². The number of rotatable bonds is 25. The van der Waals surface area contributed by atoms with E-state index in [1.165, 1.54) is 32.1 Å². The lowest BCUT2D eigenvalue weighted by Gasteiger charge is -2.18. The van der Waals surface area contributed by atoms with Crippen LogP contribution in [0.3, 0.4) is 0 Å². The summed E-state index contributed by atoms with van der Waals surface area (Å²) in [5.74, 6) is -1.35. The third-order valence-corrected chi connectivity index (χ3v) is 6.13. The average molecular weight is 508 g/mol. The number of nitrogens with one attached hydrogen (secondary N) is 1. The fourth-order valence-corrected chi connectivity index (χ4v) is 3.93. The summed E-state index contributed by atoms with van der Waals surface area (Å²) < 4.78 is 5.76. The lowest BCUT2D eigenvalue weighted by atomic mass is 10.0. The van der Waals surface area contributed by atoms with Gasteiger partial charge in [0.15, 0.2) is 0 Å². The molecule has 0 aliphatic carbocycles. The van der Waals surface area contributed by atoms with Gasteiger partial charge in [0.25, 0.3) is 0 Å². The van der Waals surface area contributed by atoms with Gasteiger partial charge in [-0.2, -0.15) is 0 Å². The maximum Gasteiger partial charge on any atom is 0.322 e. The van der Waals surface area contributed by atoms with Gasteiger partial charge >= 0.3 is 11.9 Å². The van der Waals surface area contributed by atoms with Crippen LogP contribution in [0, 0.1) is 0 Å². The van der Waals surface area contributed by atoms with Crippen molar-refractivity contribution in [1.82, 2.24) is 5.32 Å². The van der Waals surface area contributed by atoms with Crippen LogP contribution in [-0.2, 0) is 19.1 Å². The zero-order valence-corrected chi connectivity index (χ0v) is 23.1. The smallest absolute Gasteiger partial charge is 0.322 e. The SMILES string of the molecule is CCCC/C=C\C/C=C\CCCCCCCC(=O)OC(CCCC)CCCCCC(=O)NCC(=O)O. The van der Waals surface area contributed by atoms with Crippen molar-refractivity contribution < 1.29 is 24.2 Å². The highest BCUT2D eigenvalue weighted by Crippen LogP contribution is 2.16. The molecule has 6 nitrogen and oxygen atoms in total. The van der Waals surface area contributed by atoms with Crippen molar-refractivity contribution >= 4 is 17.8 Å². The van der Waals surface area contributed by atoms with E-state index in [0.717, 1.165) is 70.6 Å². The van der Waals surface area contributed by atoms with Crippen LogP contribution in [0.1, 0.15) is 136 Å². The summed E-state index contributed by atoms with van der Waals surface area (Å²) in [6.07, 6.45) is 27.6. The first-order valence-electron chi connectivity index (χ1n) is 14.5. The Morgan fingerprint density at radius 3 is 2.00 bits per heavy atom. The lowest BCUT2D eigenvalue weighted by molar-refractivity contribution is -0.150. The number of allylic oxidation sites excluding steroid dienone is 4. The van der Waals surface area contributed by atoms with Crippen LogP contribution in [0.4, 0.5) is 0 Å². The van der Waals surface area contributed by atoms with Crippen molar-refractivity contribution in [3.05, 3.63) is 24.3 Å². The molecule has 0 saturated carbocycles. The summed E-state index contributed by atoms with van der Waals surface area (Å²) >= 11 is 0. The third-order valence-electron chi connectivity index (χ3n) is 6.13. The van der Waals surface area contributed by atoms with Gasteiger partial charge in [-0.25, -0.2) is 0 Å². The largest absolute Gasteiger partial charge is 0.480 e. The summed E-state index contributed by atoms with van der Waals surface area (Å²) in [4.78, 5) is 34.3. The lowest BCUT2D eigenvalue weighted by Crippen LogP contribution is -2.28. The number of carbonyl (C=O) groups excluding carboxylic acids is 2. The molecule has 36 heavy (non-hydrogen) atoms. The minimum atomic E-state index is -1.03. The van der Waals surface area contributed by atoms with E-state index in [4.69, 9.17) is 9.84 Å². The molecule has 0 aromatic carbocycles. The maximum absolute atomic E-state index is 12.3. The van der Waals surface area contributed by atoms with Gasteiger partial charge in [0.05, 0.1) is 0 Å². The van der Waals surface area contributed by atoms with Crippen LogP contribution in [0.15, 0.2) is 24.3 Å². The fourth-order valence-electron chi connectivity index (χ4n) is 3.93. The number of unbranched alkanes of at least 4 members (excludes halogenated alkanes) is 10. The quantitative estimate of drug-likeness (QED) is 0.0751. The number of aliphatic carboxylic acids is 1. The number of amides is 1. The molecule has 0 aliphatic heterocycles. The van der Waals surface area contributed by atoms with Crippen molar-refractivity contribution in [2.75, 3.05) is 6.54 Å². The zero-order chi connectivity index (χ0) is 26.7. The molecule has 208 valence electrons. The Morgan fingerprint density at radius 2 is 1.31 bits per heavy atom. The first-order valence-corrected chi connectivity index (χ1v) is 14.5. The number of carboxylic acids is 1. The van der Waals surface area contributed by atoms with Crippen molar-refractivity contribution in [3.63, 3.8) is 0 Å². The molecular weight excluding hydrogens is 454 g/mol. The van der Waals surface area contributed by atoms with Gasteiger partial charge in [0.1, 0.15) is 12.6 Å². The van der Waals surface area contributed by atoms with Crippen molar-refractivity contribution in [3.8, 4) is 0 Å². The second-order valence-electron chi connectivity index (χ2n) is 9.65. The molecule has 0 fully saturated rings. The molecule has 0 aromatic heterocycles. The van der Waals surface area contributed by atoms with Gasteiger partial charge in [-0.3, -0.25) is 14.4 Å². The van der Waals surface area contributed by atoms with Crippen LogP contribution in [0.2, 0.25) is 0 Å². The van der Waals surface area contributed by atoms with Gasteiger partial charge in [-0.15, -0.1) is 0 Å². The fraction of sp³-hybridized carbons (Fsp3) is 0.767. The van der Waals surface area contributed by atoms with E-state index in [1.54, 1.807) is 0 Å². The molecule has 0 heterocycles. The summed E-state index contributed by atoms with van der Waals surface area (Å²) in [5, 5.41) is 11.0. The normalized spacial score (nSPS) is 12.3. The Balaban J connectivity index is 3.83. The van der Waals surface area contributed by atoms with Crippen LogP contribution in [0.5, 0.6) is 0 Å². The molecule has 0 rings (SSSR count). The van der Waals surface area contributed by atoms with Gasteiger partial charge in [0, 0.05) is 12.8 Å². The number of carbonyl (C=O) groups is 3. The number of esters is 1. The van der Waals surface area contributed by atoms with Crippen LogP contribution in [-0.4, -0.2) is 35.6 Å². The number of hydrogen-bond acceptors (Lipinski definition) is 4. The Labute approximate surface area is 220 Å². The van der Waals surface area contributed by atoms with E-state index in [1.807, 2.05) is 0 Å². The zero-order valence-electron chi connectivity index (χ0n) is 23.1. The molecule has 0 aliphatic rings. The van der Waals surface area contributed by atoms with Gasteiger partial charge in [-0.05, 0) is 57.8 Å². The average Bonchev–Trinajstić information content (AvgIpc) is 2.85. The highest BCUT2D eigenvalue weighted by molar-refractivity contribution is 5.80. The van der Waals surface area contributed by atoms with Gasteiger partial charge in [-0.1, -0.05) is 89.5 Å². The van der Waals surface area contributed by atoms with E-state index in [9.17, 15) is 14.4 Å². The molecule has 0 radical (unpaired) electrons. The highest BCUT2D eigenvalue weighted by Gasteiger charge is 2.14. The molecule has 0 bridgehead atoms. The number of hydrogen-bond donors (Lipinski definition) is 2. The second kappa shape index (κ2) is 26.0. The third kappa shape index (κ3) is 25.0. The summed E-state index contributed by atoms with van der Waals surface area (Å²) in [6.45, 7) is 4.02. The highest BCUT2D eigenvalue weighted by atomic mass is 16.5. The predicted octanol–water partition coefficient (Wildman–Crippen LogP) is 7.66. The molecule has 1 unspecified atom stereocenters. The topological polar surface area (TPSA) is 92.7 Å². The Kier molecular flexibility index (Phi) is 24.4. The van der Waals surface area contributed by atoms with Crippen molar-refractivity contribution in [2.45, 2.75) is 142 Å². The molecule has 2 N–H and O–H groups in total. The first kappa shape index (κ1) is 33.9. The minimum absolute atomic E-state index is 0.0356. The van der Waals surface area contributed by atoms with E-state index in [0.29, 0.717) is 19.3 Å². The van der Waals surface area contributed by atoms with Crippen LogP contribution >= 0.6 is 0 Å². The summed E-state index contributed by atoms with van der Waals surface area (Å²) in [7, 11) is 0.